The van der Waals surface area contributed by atoms with Gasteiger partial charge in [-0.15, -0.1) is 0 Å². The molecule has 3 rings (SSSR count). The summed E-state index contributed by atoms with van der Waals surface area (Å²) >= 11 is 0. The average molecular weight is 300 g/mol. The van der Waals surface area contributed by atoms with Gasteiger partial charge in [-0.25, -0.2) is 0 Å². The van der Waals surface area contributed by atoms with E-state index < -0.39 is 0 Å². The van der Waals surface area contributed by atoms with Gasteiger partial charge in [0.2, 0.25) is 5.91 Å². The van der Waals surface area contributed by atoms with E-state index in [1.54, 1.807) is 0 Å². The number of benzene rings is 1. The summed E-state index contributed by atoms with van der Waals surface area (Å²) in [4.78, 5) is 15.1. The highest BCUT2D eigenvalue weighted by atomic mass is 16.1. The third-order valence-electron chi connectivity index (χ3n) is 5.36. The first-order valence-electron chi connectivity index (χ1n) is 8.65. The standard InChI is InChI=1S/C19H28N2O/c1-19(2,15-8-4-3-5-9-15)14-18(22)20-16-11-13-21-12-7-6-10-17(16)21/h3-5,8-9,16-17H,6-7,10-14H2,1-2H3,(H,20,22)/t16-,17+/m1/s1. The van der Waals surface area contributed by atoms with Crippen molar-refractivity contribution in [1.29, 1.82) is 0 Å². The van der Waals surface area contributed by atoms with Gasteiger partial charge in [0.05, 0.1) is 0 Å². The van der Waals surface area contributed by atoms with Gasteiger partial charge in [0.25, 0.3) is 0 Å². The highest BCUT2D eigenvalue weighted by molar-refractivity contribution is 5.78. The van der Waals surface area contributed by atoms with Crippen LogP contribution in [-0.4, -0.2) is 36.0 Å². The fourth-order valence-electron chi connectivity index (χ4n) is 4.07. The molecule has 0 bridgehead atoms. The second-order valence-electron chi connectivity index (χ2n) is 7.49. The third kappa shape index (κ3) is 3.35. The molecule has 2 aliphatic rings. The van der Waals surface area contributed by atoms with Crippen LogP contribution in [0.1, 0.15) is 51.5 Å². The number of carbonyl (C=O) groups is 1. The number of hydrogen-bond acceptors (Lipinski definition) is 2. The summed E-state index contributed by atoms with van der Waals surface area (Å²) in [5.41, 5.74) is 1.12. The van der Waals surface area contributed by atoms with E-state index in [1.165, 1.54) is 31.4 Å². The van der Waals surface area contributed by atoms with Crippen LogP contribution in [0, 0.1) is 0 Å². The minimum atomic E-state index is -0.115. The molecule has 1 aromatic carbocycles. The van der Waals surface area contributed by atoms with Crippen LogP contribution in [0.3, 0.4) is 0 Å². The Morgan fingerprint density at radius 1 is 1.18 bits per heavy atom. The zero-order chi connectivity index (χ0) is 15.6. The second kappa shape index (κ2) is 6.41. The fourth-order valence-corrected chi connectivity index (χ4v) is 4.07. The molecule has 2 atom stereocenters. The monoisotopic (exact) mass is 300 g/mol. The first-order chi connectivity index (χ1) is 10.6. The largest absolute Gasteiger partial charge is 0.352 e. The SMILES string of the molecule is CC(C)(CC(=O)N[C@@H]1CCN2CCCC[C@@H]12)c1ccccc1. The molecule has 22 heavy (non-hydrogen) atoms. The average Bonchev–Trinajstić information content (AvgIpc) is 2.91. The van der Waals surface area contributed by atoms with Gasteiger partial charge in [-0.1, -0.05) is 50.6 Å². The molecular formula is C19H28N2O. The minimum Gasteiger partial charge on any atom is -0.352 e. The highest BCUT2D eigenvalue weighted by Gasteiger charge is 2.36. The fraction of sp³-hybridized carbons (Fsp3) is 0.632. The first kappa shape index (κ1) is 15.5. The van der Waals surface area contributed by atoms with Crippen molar-refractivity contribution >= 4 is 5.91 Å². The Morgan fingerprint density at radius 2 is 1.95 bits per heavy atom. The second-order valence-corrected chi connectivity index (χ2v) is 7.49. The lowest BCUT2D eigenvalue weighted by atomic mass is 9.81. The van der Waals surface area contributed by atoms with Gasteiger partial charge >= 0.3 is 0 Å². The van der Waals surface area contributed by atoms with Crippen LogP contribution in [0.2, 0.25) is 0 Å². The van der Waals surface area contributed by atoms with Gasteiger partial charge in [-0.05, 0) is 36.8 Å². The zero-order valence-corrected chi connectivity index (χ0v) is 13.8. The lowest BCUT2D eigenvalue weighted by molar-refractivity contribution is -0.123. The molecule has 0 aromatic heterocycles. The van der Waals surface area contributed by atoms with Crippen LogP contribution in [0.5, 0.6) is 0 Å². The maximum atomic E-state index is 12.5. The molecule has 2 aliphatic heterocycles. The molecule has 1 amide bonds. The Hall–Kier alpha value is -1.35. The Balaban J connectivity index is 1.58. The normalized spacial score (nSPS) is 25.7. The molecule has 0 saturated carbocycles. The zero-order valence-electron chi connectivity index (χ0n) is 13.8. The van der Waals surface area contributed by atoms with Crippen LogP contribution in [0.15, 0.2) is 30.3 Å². The van der Waals surface area contributed by atoms with Crippen molar-refractivity contribution in [3.63, 3.8) is 0 Å². The summed E-state index contributed by atoms with van der Waals surface area (Å²) in [5.74, 6) is 0.200. The van der Waals surface area contributed by atoms with E-state index in [4.69, 9.17) is 0 Å². The molecule has 1 aromatic rings. The maximum absolute atomic E-state index is 12.5. The van der Waals surface area contributed by atoms with Crippen molar-refractivity contribution < 1.29 is 4.79 Å². The molecule has 1 N–H and O–H groups in total. The van der Waals surface area contributed by atoms with Gasteiger partial charge in [0.1, 0.15) is 0 Å². The Kier molecular flexibility index (Phi) is 4.53. The summed E-state index contributed by atoms with van der Waals surface area (Å²) in [6.07, 6.45) is 5.54. The van der Waals surface area contributed by atoms with E-state index in [1.807, 2.05) is 18.2 Å². The van der Waals surface area contributed by atoms with Gasteiger partial charge in [0, 0.05) is 25.0 Å². The minimum absolute atomic E-state index is 0.115. The van der Waals surface area contributed by atoms with Gasteiger partial charge < -0.3 is 5.32 Å². The van der Waals surface area contributed by atoms with Crippen LogP contribution in [-0.2, 0) is 10.2 Å². The molecule has 0 aliphatic carbocycles. The summed E-state index contributed by atoms with van der Waals surface area (Å²) in [6, 6.07) is 11.3. The molecule has 3 heteroatoms. The van der Waals surface area contributed by atoms with E-state index in [9.17, 15) is 4.79 Å². The number of amides is 1. The number of fused-ring (bicyclic) bond motifs is 1. The number of rotatable bonds is 4. The van der Waals surface area contributed by atoms with Crippen molar-refractivity contribution in [2.75, 3.05) is 13.1 Å². The molecule has 2 heterocycles. The summed E-state index contributed by atoms with van der Waals surface area (Å²) in [7, 11) is 0. The van der Waals surface area contributed by atoms with E-state index in [2.05, 4.69) is 36.2 Å². The maximum Gasteiger partial charge on any atom is 0.221 e. The summed E-state index contributed by atoms with van der Waals surface area (Å²) < 4.78 is 0. The first-order valence-corrected chi connectivity index (χ1v) is 8.65. The molecule has 0 unspecified atom stereocenters. The van der Waals surface area contributed by atoms with E-state index in [0.717, 1.165) is 13.0 Å². The van der Waals surface area contributed by atoms with Gasteiger partial charge in [-0.2, -0.15) is 0 Å². The van der Waals surface area contributed by atoms with Crippen molar-refractivity contribution in [3.8, 4) is 0 Å². The van der Waals surface area contributed by atoms with Gasteiger partial charge in [-0.3, -0.25) is 9.69 Å². The van der Waals surface area contributed by atoms with Crippen LogP contribution >= 0.6 is 0 Å². The number of nitrogens with zero attached hydrogens (tertiary/aromatic N) is 1. The quantitative estimate of drug-likeness (QED) is 0.926. The van der Waals surface area contributed by atoms with E-state index in [-0.39, 0.29) is 11.3 Å². The van der Waals surface area contributed by atoms with Crippen LogP contribution < -0.4 is 5.32 Å². The lowest BCUT2D eigenvalue weighted by Crippen LogP contribution is -2.47. The number of nitrogens with one attached hydrogen (secondary N) is 1. The highest BCUT2D eigenvalue weighted by Crippen LogP contribution is 2.29. The predicted octanol–water partition coefficient (Wildman–Crippen LogP) is 3.10. The molecule has 0 radical (unpaired) electrons. The summed E-state index contributed by atoms with van der Waals surface area (Å²) in [5, 5.41) is 3.32. The van der Waals surface area contributed by atoms with Crippen molar-refractivity contribution in [2.24, 2.45) is 0 Å². The molecule has 2 fully saturated rings. The van der Waals surface area contributed by atoms with Crippen molar-refractivity contribution in [1.82, 2.24) is 10.2 Å². The van der Waals surface area contributed by atoms with Crippen LogP contribution in [0.4, 0.5) is 0 Å². The van der Waals surface area contributed by atoms with Crippen molar-refractivity contribution in [3.05, 3.63) is 35.9 Å². The Bertz CT molecular complexity index is 511. The predicted molar refractivity (Wildman–Crippen MR) is 89.8 cm³/mol. The molecule has 120 valence electrons. The van der Waals surface area contributed by atoms with E-state index in [0.29, 0.717) is 18.5 Å². The topological polar surface area (TPSA) is 32.3 Å². The molecule has 0 spiro atoms. The van der Waals surface area contributed by atoms with Crippen LogP contribution in [0.25, 0.3) is 0 Å². The van der Waals surface area contributed by atoms with E-state index >= 15 is 0 Å². The number of piperidine rings is 1. The smallest absolute Gasteiger partial charge is 0.221 e. The van der Waals surface area contributed by atoms with Gasteiger partial charge in [0.15, 0.2) is 0 Å². The molecular weight excluding hydrogens is 272 g/mol. The third-order valence-corrected chi connectivity index (χ3v) is 5.36. The van der Waals surface area contributed by atoms with Crippen molar-refractivity contribution in [2.45, 2.75) is 63.5 Å². The Labute approximate surface area is 134 Å². The molecule has 2 saturated heterocycles. The molecule has 3 nitrogen and oxygen atoms in total. The Morgan fingerprint density at radius 3 is 2.73 bits per heavy atom. The number of hydrogen-bond donors (Lipinski definition) is 1. The number of carbonyl (C=O) groups excluding carboxylic acids is 1. The lowest BCUT2D eigenvalue weighted by Gasteiger charge is -2.33. The summed E-state index contributed by atoms with van der Waals surface area (Å²) in [6.45, 7) is 6.68.